The number of alkyl carbamates (subject to hydrolysis) is 1. The normalized spacial score (nSPS) is 24.6. The summed E-state index contributed by atoms with van der Waals surface area (Å²) in [4.78, 5) is 30.5. The molecule has 2 saturated carbocycles. The number of halogens is 2. The minimum Gasteiger partial charge on any atom is -0.593 e. The molecule has 2 fully saturated rings. The number of anilines is 1. The summed E-state index contributed by atoms with van der Waals surface area (Å²) in [5.74, 6) is -1.08. The number of fused-ring (bicyclic) bond motifs is 4. The van der Waals surface area contributed by atoms with Crippen molar-refractivity contribution in [1.29, 1.82) is 0 Å². The number of benzene rings is 3. The van der Waals surface area contributed by atoms with Crippen molar-refractivity contribution >= 4 is 39.8 Å². The van der Waals surface area contributed by atoms with Crippen LogP contribution in [0.4, 0.5) is 19.3 Å². The van der Waals surface area contributed by atoms with Crippen molar-refractivity contribution in [3.8, 4) is 0 Å². The molecule has 0 spiro atoms. The maximum Gasteiger partial charge on any atom is 0.407 e. The highest BCUT2D eigenvalue weighted by Crippen LogP contribution is 2.49. The Morgan fingerprint density at radius 2 is 1.71 bits per heavy atom. The molecule has 2 amide bonds. The van der Waals surface area contributed by atoms with E-state index >= 15 is 0 Å². The van der Waals surface area contributed by atoms with Gasteiger partial charge in [-0.15, -0.1) is 4.72 Å². The Morgan fingerprint density at radius 1 is 1.00 bits per heavy atom. The van der Waals surface area contributed by atoms with Gasteiger partial charge in [0.2, 0.25) is 5.91 Å². The molecule has 3 aromatic rings. The molecule has 0 radical (unpaired) electrons. The fraction of sp³-hybridized carbons (Fsp3) is 0.526. The van der Waals surface area contributed by atoms with E-state index in [1.54, 1.807) is 4.90 Å². The van der Waals surface area contributed by atoms with E-state index in [1.165, 1.54) is 12.1 Å². The van der Waals surface area contributed by atoms with Crippen LogP contribution in [0.1, 0.15) is 57.1 Å². The smallest absolute Gasteiger partial charge is 0.407 e. The number of rotatable bonds is 13. The fourth-order valence-electron chi connectivity index (χ4n) is 8.72. The Morgan fingerprint density at radius 3 is 2.43 bits per heavy atom. The van der Waals surface area contributed by atoms with E-state index < -0.39 is 34.6 Å². The second-order valence-corrected chi connectivity index (χ2v) is 16.3. The highest BCUT2D eigenvalue weighted by Gasteiger charge is 2.50. The number of carbonyl (C=O) groups is 2. The number of nitrogens with zero attached hydrogens (tertiary/aromatic N) is 2. The van der Waals surface area contributed by atoms with Crippen LogP contribution in [-0.4, -0.2) is 79.5 Å². The van der Waals surface area contributed by atoms with Crippen LogP contribution >= 0.6 is 0 Å². The summed E-state index contributed by atoms with van der Waals surface area (Å²) in [7, 11) is 3.96. The molecule has 1 heterocycles. The molecular weight excluding hydrogens is 677 g/mol. The van der Waals surface area contributed by atoms with Crippen molar-refractivity contribution in [3.05, 3.63) is 71.3 Å². The van der Waals surface area contributed by atoms with E-state index in [1.807, 2.05) is 62.3 Å². The number of ether oxygens (including phenoxy) is 2. The summed E-state index contributed by atoms with van der Waals surface area (Å²) in [6.45, 7) is 5.82. The monoisotopic (exact) mass is 725 g/mol. The van der Waals surface area contributed by atoms with Gasteiger partial charge in [-0.2, -0.15) is 0 Å². The van der Waals surface area contributed by atoms with Crippen LogP contribution in [0.2, 0.25) is 0 Å². The second kappa shape index (κ2) is 15.6. The van der Waals surface area contributed by atoms with Crippen LogP contribution in [0.25, 0.3) is 10.8 Å². The third-order valence-electron chi connectivity index (χ3n) is 10.4. The van der Waals surface area contributed by atoms with Crippen molar-refractivity contribution in [2.75, 3.05) is 51.9 Å². The Hall–Kier alpha value is -3.49. The molecule has 0 aromatic heterocycles. The molecule has 276 valence electrons. The SMILES string of the molecule is CC1CC2CC(C)(NC(=O)OCCOCCN[S+]([O-])c3cccc4c(N(C)C)cccc34)CC(NCC(=O)N3Cc4cc(F)c(F)cc4C3)(C1)C2. The molecule has 5 atom stereocenters. The van der Waals surface area contributed by atoms with Gasteiger partial charge in [-0.1, -0.05) is 25.1 Å². The Kier molecular flexibility index (Phi) is 11.4. The minimum atomic E-state index is -1.42. The average molecular weight is 726 g/mol. The predicted octanol–water partition coefficient (Wildman–Crippen LogP) is 5.40. The molecule has 5 unspecified atom stereocenters. The number of nitrogens with one attached hydrogen (secondary N) is 3. The van der Waals surface area contributed by atoms with Gasteiger partial charge in [0.15, 0.2) is 16.5 Å². The van der Waals surface area contributed by atoms with Gasteiger partial charge < -0.3 is 34.5 Å². The zero-order valence-corrected chi connectivity index (χ0v) is 30.7. The maximum absolute atomic E-state index is 13.8. The zero-order chi connectivity index (χ0) is 36.3. The molecule has 1 aliphatic heterocycles. The summed E-state index contributed by atoms with van der Waals surface area (Å²) < 4.78 is 54.7. The summed E-state index contributed by atoms with van der Waals surface area (Å²) >= 11 is -1.42. The summed E-state index contributed by atoms with van der Waals surface area (Å²) in [5, 5.41) is 8.65. The van der Waals surface area contributed by atoms with Gasteiger partial charge in [0.05, 0.1) is 37.7 Å². The molecule has 10 nitrogen and oxygen atoms in total. The molecule has 3 N–H and O–H groups in total. The van der Waals surface area contributed by atoms with E-state index in [0.717, 1.165) is 42.1 Å². The molecule has 51 heavy (non-hydrogen) atoms. The van der Waals surface area contributed by atoms with Gasteiger partial charge in [0.25, 0.3) is 0 Å². The lowest BCUT2D eigenvalue weighted by molar-refractivity contribution is -0.131. The minimum absolute atomic E-state index is 0.0754. The van der Waals surface area contributed by atoms with Crippen LogP contribution in [-0.2, 0) is 38.7 Å². The first-order valence-electron chi connectivity index (χ1n) is 17.7. The third-order valence-corrected chi connectivity index (χ3v) is 11.7. The highest BCUT2D eigenvalue weighted by molar-refractivity contribution is 7.89. The molecule has 3 aliphatic rings. The Bertz CT molecular complexity index is 1710. The molecule has 13 heteroatoms. The third kappa shape index (κ3) is 8.77. The number of hydrogen-bond acceptors (Lipinski definition) is 8. The molecular formula is C38H49F2N5O5S. The van der Waals surface area contributed by atoms with Crippen molar-refractivity contribution < 1.29 is 32.4 Å². The fourth-order valence-corrected chi connectivity index (χ4v) is 9.72. The van der Waals surface area contributed by atoms with Gasteiger partial charge in [0, 0.05) is 54.7 Å². The first kappa shape index (κ1) is 37.3. The molecule has 6 rings (SSSR count). The average Bonchev–Trinajstić information content (AvgIpc) is 3.48. The molecule has 2 bridgehead atoms. The van der Waals surface area contributed by atoms with Crippen LogP contribution in [0.3, 0.4) is 0 Å². The lowest BCUT2D eigenvalue weighted by Crippen LogP contribution is -2.64. The maximum atomic E-state index is 13.8. The molecule has 3 aromatic carbocycles. The highest BCUT2D eigenvalue weighted by atomic mass is 32.2. The first-order chi connectivity index (χ1) is 24.3. The van der Waals surface area contributed by atoms with Crippen molar-refractivity contribution in [1.82, 2.24) is 20.3 Å². The van der Waals surface area contributed by atoms with Crippen LogP contribution in [0.5, 0.6) is 0 Å². The van der Waals surface area contributed by atoms with Gasteiger partial charge >= 0.3 is 6.09 Å². The van der Waals surface area contributed by atoms with Crippen LogP contribution in [0, 0.1) is 23.5 Å². The molecule has 2 aliphatic carbocycles. The quantitative estimate of drug-likeness (QED) is 0.159. The zero-order valence-electron chi connectivity index (χ0n) is 29.9. The predicted molar refractivity (Wildman–Crippen MR) is 193 cm³/mol. The van der Waals surface area contributed by atoms with Crippen molar-refractivity contribution in [2.45, 2.75) is 75.0 Å². The van der Waals surface area contributed by atoms with E-state index in [9.17, 15) is 22.9 Å². The standard InChI is InChI=1S/C38H49F2N5O5S/c1-25-15-26-19-37(2,24-38(18-25,20-26)41-21-35(46)45-22-27-16-31(39)32(40)17-28(27)23-45)43-36(47)50-14-13-49-12-11-42-51(48)34-10-6-7-29-30(34)8-5-9-33(29)44(3)4/h5-10,16-17,25-26,41-42H,11-15,18-24H2,1-4H3,(H,43,47). The Labute approximate surface area is 301 Å². The van der Waals surface area contributed by atoms with Crippen LogP contribution < -0.4 is 20.3 Å². The Balaban J connectivity index is 0.932. The van der Waals surface area contributed by atoms with Gasteiger partial charge in [-0.3, -0.25) is 4.79 Å². The van der Waals surface area contributed by atoms with E-state index in [0.29, 0.717) is 47.4 Å². The number of carbonyl (C=O) groups excluding carboxylic acids is 2. The summed E-state index contributed by atoms with van der Waals surface area (Å²) in [6, 6.07) is 14.1. The van der Waals surface area contributed by atoms with Gasteiger partial charge in [-0.05, 0) is 92.3 Å². The topological polar surface area (TPSA) is 118 Å². The van der Waals surface area contributed by atoms with Crippen molar-refractivity contribution in [2.24, 2.45) is 11.8 Å². The largest absolute Gasteiger partial charge is 0.593 e. The number of hydrogen-bond donors (Lipinski definition) is 3. The van der Waals surface area contributed by atoms with Gasteiger partial charge in [0.1, 0.15) is 6.61 Å². The number of amides is 2. The van der Waals surface area contributed by atoms with Crippen molar-refractivity contribution in [3.63, 3.8) is 0 Å². The second-order valence-electron chi connectivity index (χ2n) is 15.0. The van der Waals surface area contributed by atoms with E-state index in [4.69, 9.17) is 9.47 Å². The van der Waals surface area contributed by atoms with Crippen LogP contribution in [0.15, 0.2) is 53.4 Å². The lowest BCUT2D eigenvalue weighted by atomic mass is 9.58. The first-order valence-corrected chi connectivity index (χ1v) is 18.9. The summed E-state index contributed by atoms with van der Waals surface area (Å²) in [6.07, 6.45) is 3.79. The molecule has 0 saturated heterocycles. The summed E-state index contributed by atoms with van der Waals surface area (Å²) in [5.41, 5.74) is 1.46. The van der Waals surface area contributed by atoms with Gasteiger partial charge in [-0.25, -0.2) is 13.6 Å². The van der Waals surface area contributed by atoms with E-state index in [-0.39, 0.29) is 44.3 Å². The lowest BCUT2D eigenvalue weighted by Gasteiger charge is -2.54. The van der Waals surface area contributed by atoms with E-state index in [2.05, 4.69) is 22.3 Å².